The summed E-state index contributed by atoms with van der Waals surface area (Å²) in [5.74, 6) is 1.19. The van der Waals surface area contributed by atoms with E-state index in [1.165, 1.54) is 0 Å². The highest BCUT2D eigenvalue weighted by atomic mass is 35.5. The third kappa shape index (κ3) is 3.77. The van der Waals surface area contributed by atoms with Crippen molar-refractivity contribution in [3.63, 3.8) is 0 Å². The molecule has 0 aliphatic rings. The zero-order valence-corrected chi connectivity index (χ0v) is 19.3. The zero-order valence-electron chi connectivity index (χ0n) is 18.6. The first-order valence-electron chi connectivity index (χ1n) is 10.8. The van der Waals surface area contributed by atoms with E-state index in [4.69, 9.17) is 25.7 Å². The largest absolute Gasteiger partial charge is 0.485 e. The van der Waals surface area contributed by atoms with Crippen molar-refractivity contribution in [3.8, 4) is 17.2 Å². The number of hydrogen-bond donors (Lipinski definition) is 0. The minimum absolute atomic E-state index is 0.215. The third-order valence-electron chi connectivity index (χ3n) is 5.98. The Kier molecular flexibility index (Phi) is 5.39. The van der Waals surface area contributed by atoms with Gasteiger partial charge in [0.15, 0.2) is 5.76 Å². The molecule has 0 amide bonds. The molecule has 0 saturated carbocycles. The van der Waals surface area contributed by atoms with Gasteiger partial charge in [-0.05, 0) is 61.7 Å². The smallest absolute Gasteiger partial charge is 0.253 e. The lowest BCUT2D eigenvalue weighted by Crippen LogP contribution is -2.06. The number of pyridine rings is 1. The van der Waals surface area contributed by atoms with Gasteiger partial charge >= 0.3 is 0 Å². The van der Waals surface area contributed by atoms with E-state index < -0.39 is 5.24 Å². The Morgan fingerprint density at radius 2 is 1.73 bits per heavy atom. The maximum atomic E-state index is 12.6. The molecule has 0 spiro atoms. The number of hydrogen-bond acceptors (Lipinski definition) is 4. The number of para-hydroxylation sites is 1. The van der Waals surface area contributed by atoms with E-state index in [-0.39, 0.29) is 6.10 Å². The van der Waals surface area contributed by atoms with Crippen LogP contribution in [0.1, 0.15) is 40.1 Å². The zero-order chi connectivity index (χ0) is 23.1. The molecule has 0 radical (unpaired) electrons. The Morgan fingerprint density at radius 1 is 1.00 bits per heavy atom. The summed E-state index contributed by atoms with van der Waals surface area (Å²) in [7, 11) is 0. The quantitative estimate of drug-likeness (QED) is 0.254. The predicted molar refractivity (Wildman–Crippen MR) is 132 cm³/mol. The minimum Gasteiger partial charge on any atom is -0.485 e. The van der Waals surface area contributed by atoms with Crippen LogP contribution in [0.2, 0.25) is 0 Å². The molecule has 0 saturated heterocycles. The van der Waals surface area contributed by atoms with Gasteiger partial charge in [-0.3, -0.25) is 4.79 Å². The van der Waals surface area contributed by atoms with E-state index in [1.807, 2.05) is 87.5 Å². The second-order valence-electron chi connectivity index (χ2n) is 8.16. The Hall–Kier alpha value is -3.63. The van der Waals surface area contributed by atoms with Gasteiger partial charge in [0.25, 0.3) is 5.24 Å². The molecule has 2 heterocycles. The number of carbonyl (C=O) groups excluding carboxylic acids is 1. The fraction of sp³-hybridized carbons (Fsp3) is 0.143. The van der Waals surface area contributed by atoms with E-state index in [2.05, 4.69) is 0 Å². The van der Waals surface area contributed by atoms with Crippen molar-refractivity contribution in [2.24, 2.45) is 0 Å². The SMILES string of the molecule is Cc1c(-c2cc(C(=O)Cl)c3c(OC(C)c4ccccc4)ccc(C)c3n2)oc2ccccc12. The fourth-order valence-electron chi connectivity index (χ4n) is 4.21. The van der Waals surface area contributed by atoms with Gasteiger partial charge in [-0.15, -0.1) is 0 Å². The summed E-state index contributed by atoms with van der Waals surface area (Å²) in [6.07, 6.45) is -0.215. The molecular formula is C28H22ClNO3. The van der Waals surface area contributed by atoms with Gasteiger partial charge in [0.1, 0.15) is 23.1 Å². The van der Waals surface area contributed by atoms with Crippen LogP contribution in [-0.2, 0) is 0 Å². The molecule has 0 bridgehead atoms. The molecular weight excluding hydrogens is 434 g/mol. The van der Waals surface area contributed by atoms with Crippen molar-refractivity contribution in [2.75, 3.05) is 0 Å². The van der Waals surface area contributed by atoms with Crippen LogP contribution in [0.4, 0.5) is 0 Å². The van der Waals surface area contributed by atoms with Crippen LogP contribution in [0.15, 0.2) is 77.2 Å². The third-order valence-corrected chi connectivity index (χ3v) is 6.19. The molecule has 5 heteroatoms. The van der Waals surface area contributed by atoms with Gasteiger partial charge in [0.05, 0.1) is 10.9 Å². The molecule has 0 N–H and O–H groups in total. The second-order valence-corrected chi connectivity index (χ2v) is 8.50. The Morgan fingerprint density at radius 3 is 2.45 bits per heavy atom. The maximum Gasteiger partial charge on any atom is 0.253 e. The number of rotatable bonds is 5. The van der Waals surface area contributed by atoms with Gasteiger partial charge in [0.2, 0.25) is 0 Å². The maximum absolute atomic E-state index is 12.6. The summed E-state index contributed by atoms with van der Waals surface area (Å²) in [6, 6.07) is 23.3. The van der Waals surface area contributed by atoms with E-state index in [9.17, 15) is 4.79 Å². The average Bonchev–Trinajstić information content (AvgIpc) is 3.17. The van der Waals surface area contributed by atoms with Crippen molar-refractivity contribution < 1.29 is 13.9 Å². The van der Waals surface area contributed by atoms with Crippen LogP contribution < -0.4 is 4.74 Å². The van der Waals surface area contributed by atoms with Gasteiger partial charge in [-0.25, -0.2) is 4.98 Å². The summed E-state index contributed by atoms with van der Waals surface area (Å²) < 4.78 is 12.4. The number of ether oxygens (including phenoxy) is 1. The van der Waals surface area contributed by atoms with Crippen LogP contribution in [-0.4, -0.2) is 10.2 Å². The first-order valence-corrected chi connectivity index (χ1v) is 11.2. The molecule has 0 aliphatic heterocycles. The lowest BCUT2D eigenvalue weighted by molar-refractivity contribution is 0.108. The summed E-state index contributed by atoms with van der Waals surface area (Å²) in [4.78, 5) is 17.5. The molecule has 0 fully saturated rings. The topological polar surface area (TPSA) is 52.3 Å². The van der Waals surface area contributed by atoms with Crippen LogP contribution >= 0.6 is 11.6 Å². The normalized spacial score (nSPS) is 12.2. The predicted octanol–water partition coefficient (Wildman–Crippen LogP) is 7.78. The number of benzene rings is 3. The number of carbonyl (C=O) groups is 1. The molecule has 1 unspecified atom stereocenters. The highest BCUT2D eigenvalue weighted by Gasteiger charge is 2.22. The summed E-state index contributed by atoms with van der Waals surface area (Å²) in [5, 5.41) is 1.05. The molecule has 1 atom stereocenters. The molecule has 3 aromatic carbocycles. The number of aryl methyl sites for hydroxylation is 2. The highest BCUT2D eigenvalue weighted by Crippen LogP contribution is 2.38. The average molecular weight is 456 g/mol. The molecule has 33 heavy (non-hydrogen) atoms. The summed E-state index contributed by atoms with van der Waals surface area (Å²) >= 11 is 6.09. The monoisotopic (exact) mass is 455 g/mol. The Balaban J connectivity index is 1.70. The van der Waals surface area contributed by atoms with Crippen LogP contribution in [0.5, 0.6) is 5.75 Å². The lowest BCUT2D eigenvalue weighted by atomic mass is 10.0. The lowest BCUT2D eigenvalue weighted by Gasteiger charge is -2.18. The standard InChI is InChI=1S/C28H22ClNO3/c1-16-13-14-24(32-18(3)19-9-5-4-6-10-19)25-21(28(29)31)15-22(30-26(16)25)27-17(2)20-11-7-8-12-23(20)33-27/h4-15,18H,1-3H3. The van der Waals surface area contributed by atoms with Crippen LogP contribution in [0, 0.1) is 13.8 Å². The number of aromatic nitrogens is 1. The highest BCUT2D eigenvalue weighted by molar-refractivity contribution is 6.68. The molecule has 5 rings (SSSR count). The Labute approximate surface area is 196 Å². The van der Waals surface area contributed by atoms with Crippen molar-refractivity contribution in [3.05, 3.63) is 95.1 Å². The van der Waals surface area contributed by atoms with Crippen molar-refractivity contribution in [1.82, 2.24) is 4.98 Å². The van der Waals surface area contributed by atoms with Gasteiger partial charge < -0.3 is 9.15 Å². The van der Waals surface area contributed by atoms with Crippen LogP contribution in [0.25, 0.3) is 33.3 Å². The number of furan rings is 1. The van der Waals surface area contributed by atoms with Gasteiger partial charge in [-0.1, -0.05) is 54.6 Å². The number of fused-ring (bicyclic) bond motifs is 2. The summed E-state index contributed by atoms with van der Waals surface area (Å²) in [6.45, 7) is 5.92. The molecule has 0 aliphatic carbocycles. The molecule has 4 nitrogen and oxygen atoms in total. The van der Waals surface area contributed by atoms with Gasteiger partial charge in [-0.2, -0.15) is 0 Å². The minimum atomic E-state index is -0.569. The first-order chi connectivity index (χ1) is 15.9. The number of halogens is 1. The first kappa shape index (κ1) is 21.2. The van der Waals surface area contributed by atoms with Crippen molar-refractivity contribution in [2.45, 2.75) is 26.9 Å². The molecule has 164 valence electrons. The second kappa shape index (κ2) is 8.38. The van der Waals surface area contributed by atoms with Crippen LogP contribution in [0.3, 0.4) is 0 Å². The van der Waals surface area contributed by atoms with Crippen molar-refractivity contribution in [1.29, 1.82) is 0 Å². The molecule has 2 aromatic heterocycles. The van der Waals surface area contributed by atoms with Gasteiger partial charge in [0, 0.05) is 16.5 Å². The fourth-order valence-corrected chi connectivity index (χ4v) is 4.36. The number of nitrogens with zero attached hydrogens (tertiary/aromatic N) is 1. The Bertz CT molecular complexity index is 1500. The van der Waals surface area contributed by atoms with E-state index in [0.29, 0.717) is 33.7 Å². The van der Waals surface area contributed by atoms with E-state index in [1.54, 1.807) is 6.07 Å². The van der Waals surface area contributed by atoms with E-state index in [0.717, 1.165) is 27.7 Å². The summed E-state index contributed by atoms with van der Waals surface area (Å²) in [5.41, 5.74) is 5.26. The molecule has 5 aromatic rings. The van der Waals surface area contributed by atoms with Crippen molar-refractivity contribution >= 4 is 38.7 Å². The van der Waals surface area contributed by atoms with E-state index >= 15 is 0 Å².